The van der Waals surface area contributed by atoms with Crippen LogP contribution in [-0.2, 0) is 28.2 Å². The highest BCUT2D eigenvalue weighted by Crippen LogP contribution is 2.26. The molecule has 2 aromatic rings. The van der Waals surface area contributed by atoms with Crippen LogP contribution in [0.1, 0.15) is 23.1 Å². The fraction of sp³-hybridized carbons (Fsp3) is 0.250. The van der Waals surface area contributed by atoms with Gasteiger partial charge < -0.3 is 0 Å². The summed E-state index contributed by atoms with van der Waals surface area (Å²) in [6.07, 6.45) is 3.13. The predicted octanol–water partition coefficient (Wildman–Crippen LogP) is 3.87. The monoisotopic (exact) mass is 365 g/mol. The molecule has 0 heterocycles. The summed E-state index contributed by atoms with van der Waals surface area (Å²) < 4.78 is 27.5. The second-order valence-electron chi connectivity index (χ2n) is 5.22. The summed E-state index contributed by atoms with van der Waals surface area (Å²) >= 11 is 3.37. The molecule has 21 heavy (non-hydrogen) atoms. The Morgan fingerprint density at radius 1 is 1.00 bits per heavy atom. The summed E-state index contributed by atoms with van der Waals surface area (Å²) in [6, 6.07) is 12.8. The molecule has 1 aliphatic carbocycles. The van der Waals surface area contributed by atoms with E-state index in [0.29, 0.717) is 10.6 Å². The average Bonchev–Trinajstić information content (AvgIpc) is 2.95. The molecule has 110 valence electrons. The molecule has 0 bridgehead atoms. The van der Waals surface area contributed by atoms with Gasteiger partial charge in [-0.2, -0.15) is 0 Å². The second kappa shape index (κ2) is 5.81. The first-order valence-electron chi connectivity index (χ1n) is 6.88. The lowest BCUT2D eigenvalue weighted by Crippen LogP contribution is -2.13. The van der Waals surface area contributed by atoms with Crippen LogP contribution < -0.4 is 4.72 Å². The predicted molar refractivity (Wildman–Crippen MR) is 88.3 cm³/mol. The fourth-order valence-corrected chi connectivity index (χ4v) is 4.07. The molecule has 1 aliphatic rings. The number of hydrogen-bond acceptors (Lipinski definition) is 2. The molecule has 0 atom stereocenters. The van der Waals surface area contributed by atoms with E-state index in [1.165, 1.54) is 5.56 Å². The molecule has 0 aromatic heterocycles. The number of sulfonamides is 1. The number of rotatable bonds is 4. The van der Waals surface area contributed by atoms with Gasteiger partial charge in [-0.25, -0.2) is 8.42 Å². The number of nitrogens with one attached hydrogen (secondary N) is 1. The lowest BCUT2D eigenvalue weighted by atomic mass is 10.1. The van der Waals surface area contributed by atoms with Crippen LogP contribution in [0.5, 0.6) is 0 Å². The van der Waals surface area contributed by atoms with Crippen molar-refractivity contribution in [1.82, 2.24) is 0 Å². The standard InChI is InChI=1S/C16H16BrNO2S/c17-11-12-4-7-15(8-5-12)18-21(19,20)16-9-6-13-2-1-3-14(13)10-16/h4-10,18H,1-3,11H2. The van der Waals surface area contributed by atoms with Crippen molar-refractivity contribution in [3.63, 3.8) is 0 Å². The van der Waals surface area contributed by atoms with Crippen LogP contribution in [0.4, 0.5) is 5.69 Å². The summed E-state index contributed by atoms with van der Waals surface area (Å²) in [4.78, 5) is 0.340. The van der Waals surface area contributed by atoms with Crippen LogP contribution in [-0.4, -0.2) is 8.42 Å². The maximum atomic E-state index is 12.4. The van der Waals surface area contributed by atoms with Gasteiger partial charge in [-0.1, -0.05) is 34.1 Å². The Morgan fingerprint density at radius 3 is 2.43 bits per heavy atom. The highest BCUT2D eigenvalue weighted by molar-refractivity contribution is 9.08. The molecule has 0 saturated carbocycles. The molecular formula is C16H16BrNO2S. The first-order valence-corrected chi connectivity index (χ1v) is 9.48. The summed E-state index contributed by atoms with van der Waals surface area (Å²) in [7, 11) is -3.52. The van der Waals surface area contributed by atoms with Crippen molar-refractivity contribution in [3.8, 4) is 0 Å². The average molecular weight is 366 g/mol. The van der Waals surface area contributed by atoms with Crippen LogP contribution >= 0.6 is 15.9 Å². The molecule has 3 nitrogen and oxygen atoms in total. The van der Waals surface area contributed by atoms with Gasteiger partial charge in [-0.05, 0) is 60.2 Å². The molecular weight excluding hydrogens is 350 g/mol. The largest absolute Gasteiger partial charge is 0.280 e. The Morgan fingerprint density at radius 2 is 1.71 bits per heavy atom. The van der Waals surface area contributed by atoms with Crippen LogP contribution in [0.2, 0.25) is 0 Å². The third kappa shape index (κ3) is 3.14. The summed E-state index contributed by atoms with van der Waals surface area (Å²) in [5, 5.41) is 0.755. The van der Waals surface area contributed by atoms with Gasteiger partial charge in [0.1, 0.15) is 0 Å². The van der Waals surface area contributed by atoms with Crippen molar-refractivity contribution in [1.29, 1.82) is 0 Å². The van der Waals surface area contributed by atoms with Crippen LogP contribution in [0.25, 0.3) is 0 Å². The van der Waals surface area contributed by atoms with Gasteiger partial charge in [0.2, 0.25) is 0 Å². The van der Waals surface area contributed by atoms with E-state index >= 15 is 0 Å². The topological polar surface area (TPSA) is 46.2 Å². The van der Waals surface area contributed by atoms with Crippen molar-refractivity contribution in [2.45, 2.75) is 29.5 Å². The molecule has 2 aromatic carbocycles. The fourth-order valence-electron chi connectivity index (χ4n) is 2.59. The highest BCUT2D eigenvalue weighted by atomic mass is 79.9. The lowest BCUT2D eigenvalue weighted by molar-refractivity contribution is 0.601. The van der Waals surface area contributed by atoms with Crippen LogP contribution in [0, 0.1) is 0 Å². The van der Waals surface area contributed by atoms with E-state index in [9.17, 15) is 8.42 Å². The normalized spacial score (nSPS) is 14.0. The van der Waals surface area contributed by atoms with Crippen LogP contribution in [0.3, 0.4) is 0 Å². The zero-order valence-corrected chi connectivity index (χ0v) is 13.9. The summed E-state index contributed by atoms with van der Waals surface area (Å²) in [6.45, 7) is 0. The van der Waals surface area contributed by atoms with E-state index in [2.05, 4.69) is 20.7 Å². The molecule has 1 N–H and O–H groups in total. The van der Waals surface area contributed by atoms with Gasteiger partial charge in [0.25, 0.3) is 10.0 Å². The first-order chi connectivity index (χ1) is 10.1. The Kier molecular flexibility index (Phi) is 4.04. The number of alkyl halides is 1. The molecule has 0 radical (unpaired) electrons. The maximum absolute atomic E-state index is 12.4. The SMILES string of the molecule is O=S(=O)(Nc1ccc(CBr)cc1)c1ccc2c(c1)CCC2. The Balaban J connectivity index is 1.86. The second-order valence-corrected chi connectivity index (χ2v) is 7.46. The van der Waals surface area contributed by atoms with Crippen molar-refractivity contribution in [3.05, 3.63) is 59.2 Å². The van der Waals surface area contributed by atoms with E-state index in [1.54, 1.807) is 24.3 Å². The summed E-state index contributed by atoms with van der Waals surface area (Å²) in [5.74, 6) is 0. The number of fused-ring (bicyclic) bond motifs is 1. The zero-order chi connectivity index (χ0) is 14.9. The number of aryl methyl sites for hydroxylation is 2. The van der Waals surface area contributed by atoms with Gasteiger partial charge >= 0.3 is 0 Å². The van der Waals surface area contributed by atoms with E-state index in [-0.39, 0.29) is 0 Å². The van der Waals surface area contributed by atoms with Gasteiger partial charge in [-0.3, -0.25) is 4.72 Å². The van der Waals surface area contributed by atoms with Crippen molar-refractivity contribution in [2.75, 3.05) is 4.72 Å². The van der Waals surface area contributed by atoms with Crippen molar-refractivity contribution in [2.24, 2.45) is 0 Å². The minimum Gasteiger partial charge on any atom is -0.280 e. The summed E-state index contributed by atoms with van der Waals surface area (Å²) in [5.41, 5.74) is 4.12. The number of anilines is 1. The quantitative estimate of drug-likeness (QED) is 0.835. The first kappa shape index (κ1) is 14.6. The molecule has 0 fully saturated rings. The minimum absolute atomic E-state index is 0.340. The number of halogens is 1. The molecule has 0 amide bonds. The van der Waals surface area contributed by atoms with Crippen LogP contribution in [0.15, 0.2) is 47.4 Å². The zero-order valence-electron chi connectivity index (χ0n) is 11.5. The van der Waals surface area contributed by atoms with E-state index in [0.717, 1.165) is 35.7 Å². The van der Waals surface area contributed by atoms with Gasteiger partial charge in [0.05, 0.1) is 4.90 Å². The highest BCUT2D eigenvalue weighted by Gasteiger charge is 2.18. The Hall–Kier alpha value is -1.33. The van der Waals surface area contributed by atoms with E-state index in [1.807, 2.05) is 18.2 Å². The van der Waals surface area contributed by atoms with E-state index in [4.69, 9.17) is 0 Å². The molecule has 0 unspecified atom stereocenters. The Bertz CT molecular complexity index is 754. The minimum atomic E-state index is -3.52. The molecule has 5 heteroatoms. The lowest BCUT2D eigenvalue weighted by Gasteiger charge is -2.10. The molecule has 3 rings (SSSR count). The molecule has 0 saturated heterocycles. The van der Waals surface area contributed by atoms with Crippen molar-refractivity contribution >= 4 is 31.6 Å². The van der Waals surface area contributed by atoms with Gasteiger partial charge in [0, 0.05) is 11.0 Å². The van der Waals surface area contributed by atoms with E-state index < -0.39 is 10.0 Å². The molecule has 0 aliphatic heterocycles. The number of hydrogen-bond donors (Lipinski definition) is 1. The Labute approximate surface area is 133 Å². The maximum Gasteiger partial charge on any atom is 0.261 e. The number of benzene rings is 2. The van der Waals surface area contributed by atoms with Gasteiger partial charge in [0.15, 0.2) is 0 Å². The smallest absolute Gasteiger partial charge is 0.261 e. The van der Waals surface area contributed by atoms with Gasteiger partial charge in [-0.15, -0.1) is 0 Å². The molecule has 0 spiro atoms. The third-order valence-electron chi connectivity index (χ3n) is 3.74. The third-order valence-corrected chi connectivity index (χ3v) is 5.77. The van der Waals surface area contributed by atoms with Crippen molar-refractivity contribution < 1.29 is 8.42 Å².